The molecule has 98 valence electrons. The lowest BCUT2D eigenvalue weighted by Crippen LogP contribution is -2.32. The summed E-state index contributed by atoms with van der Waals surface area (Å²) in [5, 5.41) is 3.26. The van der Waals surface area contributed by atoms with Crippen LogP contribution in [-0.2, 0) is 0 Å². The van der Waals surface area contributed by atoms with Crippen molar-refractivity contribution in [3.63, 3.8) is 0 Å². The maximum atomic E-state index is 12.5. The van der Waals surface area contributed by atoms with Crippen LogP contribution >= 0.6 is 0 Å². The van der Waals surface area contributed by atoms with Crippen LogP contribution in [-0.4, -0.2) is 30.4 Å². The second kappa shape index (κ2) is 6.43. The summed E-state index contributed by atoms with van der Waals surface area (Å²) in [6, 6.07) is 7.81. The molecule has 1 saturated heterocycles. The van der Waals surface area contributed by atoms with Crippen molar-refractivity contribution in [1.29, 1.82) is 0 Å². The van der Waals surface area contributed by atoms with E-state index in [1.807, 2.05) is 36.1 Å². The van der Waals surface area contributed by atoms with E-state index in [9.17, 15) is 4.79 Å². The Bertz CT molecular complexity index is 395. The highest BCUT2D eigenvalue weighted by Gasteiger charge is 2.19. The van der Waals surface area contributed by atoms with Crippen LogP contribution in [0.4, 0.5) is 5.69 Å². The molecule has 0 atom stereocenters. The van der Waals surface area contributed by atoms with Crippen LogP contribution in [0, 0.1) is 0 Å². The highest BCUT2D eigenvalue weighted by atomic mass is 16.2. The fourth-order valence-electron chi connectivity index (χ4n) is 2.46. The summed E-state index contributed by atoms with van der Waals surface area (Å²) in [6.07, 6.45) is 4.77. The van der Waals surface area contributed by atoms with Gasteiger partial charge in [0.05, 0.1) is 5.56 Å². The second-order valence-electron chi connectivity index (χ2n) is 4.78. The molecule has 0 saturated carbocycles. The summed E-state index contributed by atoms with van der Waals surface area (Å²) >= 11 is 0. The van der Waals surface area contributed by atoms with Gasteiger partial charge in [0.25, 0.3) is 5.91 Å². The monoisotopic (exact) mass is 246 g/mol. The average molecular weight is 246 g/mol. The Morgan fingerprint density at radius 2 is 1.83 bits per heavy atom. The molecule has 0 bridgehead atoms. The Labute approximate surface area is 109 Å². The topological polar surface area (TPSA) is 32.3 Å². The largest absolute Gasteiger partial charge is 0.385 e. The Morgan fingerprint density at radius 3 is 2.50 bits per heavy atom. The summed E-state index contributed by atoms with van der Waals surface area (Å²) in [6.45, 7) is 4.69. The van der Waals surface area contributed by atoms with Crippen molar-refractivity contribution >= 4 is 11.6 Å². The van der Waals surface area contributed by atoms with Crippen LogP contribution in [0.15, 0.2) is 24.3 Å². The molecule has 1 fully saturated rings. The molecule has 0 radical (unpaired) electrons. The molecule has 1 aromatic rings. The van der Waals surface area contributed by atoms with E-state index in [1.54, 1.807) is 0 Å². The minimum atomic E-state index is 0.174. The van der Waals surface area contributed by atoms with E-state index in [0.29, 0.717) is 0 Å². The van der Waals surface area contributed by atoms with Crippen LogP contribution < -0.4 is 5.32 Å². The maximum absolute atomic E-state index is 12.5. The molecule has 3 heteroatoms. The molecule has 1 amide bonds. The molecular formula is C15H22N2O. The zero-order valence-electron chi connectivity index (χ0n) is 11.1. The SMILES string of the molecule is CCNc1ccccc1C(=O)N1CCCCCC1. The van der Waals surface area contributed by atoms with Crippen molar-refractivity contribution < 1.29 is 4.79 Å². The molecule has 1 N–H and O–H groups in total. The first kappa shape index (κ1) is 12.9. The van der Waals surface area contributed by atoms with Crippen LogP contribution in [0.1, 0.15) is 43.0 Å². The van der Waals surface area contributed by atoms with Crippen LogP contribution in [0.3, 0.4) is 0 Å². The molecule has 0 aliphatic carbocycles. The van der Waals surface area contributed by atoms with Crippen molar-refractivity contribution in [2.75, 3.05) is 25.0 Å². The number of carbonyl (C=O) groups excluding carboxylic acids is 1. The molecule has 3 nitrogen and oxygen atoms in total. The number of benzene rings is 1. The van der Waals surface area contributed by atoms with Gasteiger partial charge in [-0.15, -0.1) is 0 Å². The number of likely N-dealkylation sites (tertiary alicyclic amines) is 1. The van der Waals surface area contributed by atoms with Gasteiger partial charge in [-0.25, -0.2) is 0 Å². The first-order valence-corrected chi connectivity index (χ1v) is 6.95. The van der Waals surface area contributed by atoms with E-state index in [-0.39, 0.29) is 5.91 Å². The van der Waals surface area contributed by atoms with Crippen LogP contribution in [0.2, 0.25) is 0 Å². The molecule has 1 aromatic carbocycles. The summed E-state index contributed by atoms with van der Waals surface area (Å²) in [7, 11) is 0. The first-order chi connectivity index (χ1) is 8.83. The van der Waals surface area contributed by atoms with Crippen LogP contribution in [0.5, 0.6) is 0 Å². The van der Waals surface area contributed by atoms with Crippen molar-refractivity contribution in [3.8, 4) is 0 Å². The van der Waals surface area contributed by atoms with E-state index in [1.165, 1.54) is 12.8 Å². The van der Waals surface area contributed by atoms with Gasteiger partial charge in [-0.05, 0) is 31.9 Å². The molecule has 0 unspecified atom stereocenters. The Hall–Kier alpha value is -1.51. The molecule has 1 aliphatic heterocycles. The third-order valence-electron chi connectivity index (χ3n) is 3.42. The highest BCUT2D eigenvalue weighted by molar-refractivity contribution is 5.99. The minimum absolute atomic E-state index is 0.174. The molecular weight excluding hydrogens is 224 g/mol. The predicted octanol–water partition coefficient (Wildman–Crippen LogP) is 3.13. The second-order valence-corrected chi connectivity index (χ2v) is 4.78. The number of nitrogens with one attached hydrogen (secondary N) is 1. The Morgan fingerprint density at radius 1 is 1.17 bits per heavy atom. The van der Waals surface area contributed by atoms with Gasteiger partial charge in [0.2, 0.25) is 0 Å². The lowest BCUT2D eigenvalue weighted by Gasteiger charge is -2.22. The Kier molecular flexibility index (Phi) is 4.62. The van der Waals surface area contributed by atoms with Crippen molar-refractivity contribution in [3.05, 3.63) is 29.8 Å². The fourth-order valence-corrected chi connectivity index (χ4v) is 2.46. The zero-order valence-corrected chi connectivity index (χ0v) is 11.1. The highest BCUT2D eigenvalue weighted by Crippen LogP contribution is 2.19. The smallest absolute Gasteiger partial charge is 0.255 e. The van der Waals surface area contributed by atoms with Gasteiger partial charge in [0.1, 0.15) is 0 Å². The predicted molar refractivity (Wildman–Crippen MR) is 75.0 cm³/mol. The summed E-state index contributed by atoms with van der Waals surface area (Å²) < 4.78 is 0. The third-order valence-corrected chi connectivity index (χ3v) is 3.42. The van der Waals surface area contributed by atoms with E-state index in [0.717, 1.165) is 43.7 Å². The van der Waals surface area contributed by atoms with Crippen molar-refractivity contribution in [1.82, 2.24) is 4.90 Å². The average Bonchev–Trinajstić information content (AvgIpc) is 2.68. The molecule has 1 aliphatic rings. The van der Waals surface area contributed by atoms with Crippen LogP contribution in [0.25, 0.3) is 0 Å². The fraction of sp³-hybridized carbons (Fsp3) is 0.533. The standard InChI is InChI=1S/C15H22N2O/c1-2-16-14-10-6-5-9-13(14)15(18)17-11-7-3-4-8-12-17/h5-6,9-10,16H,2-4,7-8,11-12H2,1H3. The summed E-state index contributed by atoms with van der Waals surface area (Å²) in [5.41, 5.74) is 1.76. The third kappa shape index (κ3) is 3.03. The number of rotatable bonds is 3. The number of hydrogen-bond donors (Lipinski definition) is 1. The van der Waals surface area contributed by atoms with Gasteiger partial charge in [-0.2, -0.15) is 0 Å². The summed E-state index contributed by atoms with van der Waals surface area (Å²) in [4.78, 5) is 14.5. The molecule has 2 rings (SSSR count). The molecule has 1 heterocycles. The quantitative estimate of drug-likeness (QED) is 0.888. The minimum Gasteiger partial charge on any atom is -0.385 e. The van der Waals surface area contributed by atoms with Crippen molar-refractivity contribution in [2.45, 2.75) is 32.6 Å². The van der Waals surface area contributed by atoms with E-state index < -0.39 is 0 Å². The van der Waals surface area contributed by atoms with E-state index in [2.05, 4.69) is 5.32 Å². The lowest BCUT2D eigenvalue weighted by atomic mass is 10.1. The van der Waals surface area contributed by atoms with Gasteiger partial charge in [-0.1, -0.05) is 25.0 Å². The van der Waals surface area contributed by atoms with Crippen molar-refractivity contribution in [2.24, 2.45) is 0 Å². The maximum Gasteiger partial charge on any atom is 0.255 e. The Balaban J connectivity index is 2.16. The molecule has 0 aromatic heterocycles. The number of nitrogens with zero attached hydrogens (tertiary/aromatic N) is 1. The van der Waals surface area contributed by atoms with Gasteiger partial charge >= 0.3 is 0 Å². The normalized spacial score (nSPS) is 16.2. The number of para-hydroxylation sites is 1. The number of anilines is 1. The number of hydrogen-bond acceptors (Lipinski definition) is 2. The first-order valence-electron chi connectivity index (χ1n) is 6.95. The molecule has 0 spiro atoms. The summed E-state index contributed by atoms with van der Waals surface area (Å²) in [5.74, 6) is 0.174. The van der Waals surface area contributed by atoms with Gasteiger partial charge < -0.3 is 10.2 Å². The lowest BCUT2D eigenvalue weighted by molar-refractivity contribution is 0.0762. The van der Waals surface area contributed by atoms with E-state index in [4.69, 9.17) is 0 Å². The number of carbonyl (C=O) groups is 1. The van der Waals surface area contributed by atoms with Gasteiger partial charge in [-0.3, -0.25) is 4.79 Å². The number of amides is 1. The molecule has 18 heavy (non-hydrogen) atoms. The van der Waals surface area contributed by atoms with Gasteiger partial charge in [0, 0.05) is 25.3 Å². The zero-order chi connectivity index (χ0) is 12.8. The van der Waals surface area contributed by atoms with E-state index >= 15 is 0 Å². The van der Waals surface area contributed by atoms with Gasteiger partial charge in [0.15, 0.2) is 0 Å².